The lowest BCUT2D eigenvalue weighted by atomic mass is 10.1. The van der Waals surface area contributed by atoms with E-state index in [-0.39, 0.29) is 0 Å². The summed E-state index contributed by atoms with van der Waals surface area (Å²) in [6.45, 7) is 7.53. The molecule has 4 heteroatoms. The second-order valence-electron chi connectivity index (χ2n) is 4.28. The van der Waals surface area contributed by atoms with Crippen LogP contribution < -0.4 is 0 Å². The van der Waals surface area contributed by atoms with Gasteiger partial charge in [-0.3, -0.25) is 0 Å². The molecule has 0 unspecified atom stereocenters. The van der Waals surface area contributed by atoms with Crippen LogP contribution in [0.3, 0.4) is 0 Å². The monoisotopic (exact) mass is 229 g/mol. The highest BCUT2D eigenvalue weighted by atomic mass is 35.5. The Hall–Kier alpha value is -0.570. The van der Waals surface area contributed by atoms with Gasteiger partial charge in [0.05, 0.1) is 0 Å². The largest absolute Gasteiger partial charge is 0.302 e. The third kappa shape index (κ3) is 3.82. The average Bonchev–Trinajstić information content (AvgIpc) is 2.54. The molecule has 0 amide bonds. The maximum Gasteiger partial charge on any atom is 0.225 e. The SMILES string of the molecule is CCc1nnc(Cl)n1CCCCC(C)C. The van der Waals surface area contributed by atoms with Crippen LogP contribution in [0.15, 0.2) is 0 Å². The lowest BCUT2D eigenvalue weighted by molar-refractivity contribution is 0.503. The van der Waals surface area contributed by atoms with Crippen LogP contribution in [0.5, 0.6) is 0 Å². The minimum atomic E-state index is 0.524. The van der Waals surface area contributed by atoms with Crippen molar-refractivity contribution < 1.29 is 0 Å². The Bertz CT molecular complexity index is 294. The molecule has 1 rings (SSSR count). The summed E-state index contributed by atoms with van der Waals surface area (Å²) in [5.41, 5.74) is 0. The fourth-order valence-electron chi connectivity index (χ4n) is 1.62. The van der Waals surface area contributed by atoms with Gasteiger partial charge in [0.15, 0.2) is 0 Å². The maximum absolute atomic E-state index is 5.95. The number of aromatic nitrogens is 3. The fourth-order valence-corrected chi connectivity index (χ4v) is 1.84. The molecule has 1 aromatic rings. The van der Waals surface area contributed by atoms with Gasteiger partial charge < -0.3 is 4.57 Å². The lowest BCUT2D eigenvalue weighted by Gasteiger charge is -2.07. The molecule has 0 bridgehead atoms. The summed E-state index contributed by atoms with van der Waals surface area (Å²) in [4.78, 5) is 0. The van der Waals surface area contributed by atoms with Crippen molar-refractivity contribution in [3.05, 3.63) is 11.1 Å². The molecule has 0 aliphatic carbocycles. The number of rotatable bonds is 6. The lowest BCUT2D eigenvalue weighted by Crippen LogP contribution is -2.03. The molecule has 0 saturated carbocycles. The minimum absolute atomic E-state index is 0.524. The van der Waals surface area contributed by atoms with Crippen LogP contribution in [0.2, 0.25) is 5.28 Å². The Balaban J connectivity index is 2.39. The van der Waals surface area contributed by atoms with E-state index in [2.05, 4.69) is 31.0 Å². The summed E-state index contributed by atoms with van der Waals surface area (Å²) in [6.07, 6.45) is 4.57. The molecule has 0 aromatic carbocycles. The van der Waals surface area contributed by atoms with E-state index in [1.54, 1.807) is 0 Å². The van der Waals surface area contributed by atoms with Gasteiger partial charge in [-0.05, 0) is 23.9 Å². The number of aryl methyl sites for hydroxylation is 1. The molecule has 15 heavy (non-hydrogen) atoms. The van der Waals surface area contributed by atoms with Crippen LogP contribution in [0.1, 0.15) is 45.9 Å². The van der Waals surface area contributed by atoms with Gasteiger partial charge in [0, 0.05) is 13.0 Å². The van der Waals surface area contributed by atoms with Crippen LogP contribution in [0.4, 0.5) is 0 Å². The van der Waals surface area contributed by atoms with E-state index in [1.165, 1.54) is 12.8 Å². The zero-order valence-electron chi connectivity index (χ0n) is 9.83. The molecule has 1 heterocycles. The van der Waals surface area contributed by atoms with E-state index in [0.29, 0.717) is 5.28 Å². The van der Waals surface area contributed by atoms with Crippen LogP contribution in [0.25, 0.3) is 0 Å². The molecule has 1 aromatic heterocycles. The molecular weight excluding hydrogens is 210 g/mol. The van der Waals surface area contributed by atoms with Gasteiger partial charge in [0.25, 0.3) is 0 Å². The fraction of sp³-hybridized carbons (Fsp3) is 0.818. The maximum atomic E-state index is 5.95. The van der Waals surface area contributed by atoms with Gasteiger partial charge in [-0.1, -0.05) is 33.6 Å². The van der Waals surface area contributed by atoms with E-state index in [4.69, 9.17) is 11.6 Å². The van der Waals surface area contributed by atoms with E-state index < -0.39 is 0 Å². The summed E-state index contributed by atoms with van der Waals surface area (Å²) >= 11 is 5.95. The predicted octanol–water partition coefficient (Wildman–Crippen LogP) is 3.32. The van der Waals surface area contributed by atoms with Crippen molar-refractivity contribution in [1.82, 2.24) is 14.8 Å². The highest BCUT2D eigenvalue weighted by molar-refractivity contribution is 6.28. The Morgan fingerprint density at radius 3 is 2.60 bits per heavy atom. The Morgan fingerprint density at radius 1 is 1.27 bits per heavy atom. The van der Waals surface area contributed by atoms with Gasteiger partial charge in [0.2, 0.25) is 5.28 Å². The summed E-state index contributed by atoms with van der Waals surface area (Å²) < 4.78 is 2.02. The second kappa shape index (κ2) is 6.11. The first-order valence-electron chi connectivity index (χ1n) is 5.72. The van der Waals surface area contributed by atoms with Crippen molar-refractivity contribution >= 4 is 11.6 Å². The standard InChI is InChI=1S/C11H20ClN3/c1-4-10-13-14-11(12)15(10)8-6-5-7-9(2)3/h9H,4-8H2,1-3H3. The minimum Gasteiger partial charge on any atom is -0.302 e. The molecule has 0 saturated heterocycles. The molecule has 86 valence electrons. The van der Waals surface area contributed by atoms with Crippen LogP contribution in [-0.2, 0) is 13.0 Å². The summed E-state index contributed by atoms with van der Waals surface area (Å²) in [5.74, 6) is 1.77. The van der Waals surface area contributed by atoms with Crippen LogP contribution >= 0.6 is 11.6 Å². The van der Waals surface area contributed by atoms with Crippen LogP contribution in [-0.4, -0.2) is 14.8 Å². The van der Waals surface area contributed by atoms with Gasteiger partial charge in [-0.2, -0.15) is 0 Å². The van der Waals surface area contributed by atoms with Gasteiger partial charge in [0.1, 0.15) is 5.82 Å². The molecule has 3 nitrogen and oxygen atoms in total. The van der Waals surface area contributed by atoms with Crippen molar-refractivity contribution in [3.8, 4) is 0 Å². The van der Waals surface area contributed by atoms with Gasteiger partial charge in [-0.15, -0.1) is 10.2 Å². The van der Waals surface area contributed by atoms with Crippen molar-refractivity contribution in [2.24, 2.45) is 5.92 Å². The molecule has 0 fully saturated rings. The number of unbranched alkanes of at least 4 members (excludes halogenated alkanes) is 1. The smallest absolute Gasteiger partial charge is 0.225 e. The molecule has 0 atom stereocenters. The number of hydrogen-bond donors (Lipinski definition) is 0. The van der Waals surface area contributed by atoms with E-state index in [0.717, 1.165) is 31.1 Å². The predicted molar refractivity (Wildman–Crippen MR) is 63.1 cm³/mol. The Labute approximate surface area is 96.8 Å². The molecule has 0 aliphatic heterocycles. The van der Waals surface area contributed by atoms with Gasteiger partial charge in [-0.25, -0.2) is 0 Å². The van der Waals surface area contributed by atoms with Crippen molar-refractivity contribution in [1.29, 1.82) is 0 Å². The topological polar surface area (TPSA) is 30.7 Å². The van der Waals surface area contributed by atoms with Gasteiger partial charge >= 0.3 is 0 Å². The zero-order valence-corrected chi connectivity index (χ0v) is 10.6. The second-order valence-corrected chi connectivity index (χ2v) is 4.62. The number of hydrogen-bond acceptors (Lipinski definition) is 2. The van der Waals surface area contributed by atoms with Crippen molar-refractivity contribution in [2.75, 3.05) is 0 Å². The molecular formula is C11H20ClN3. The third-order valence-electron chi connectivity index (χ3n) is 2.51. The first-order chi connectivity index (χ1) is 7.15. The molecule has 0 spiro atoms. The van der Waals surface area contributed by atoms with Crippen LogP contribution in [0, 0.1) is 5.92 Å². The first-order valence-corrected chi connectivity index (χ1v) is 6.10. The van der Waals surface area contributed by atoms with E-state index in [1.807, 2.05) is 4.57 Å². The molecule has 0 radical (unpaired) electrons. The first kappa shape index (κ1) is 12.5. The molecule has 0 aliphatic rings. The quantitative estimate of drug-likeness (QED) is 0.701. The van der Waals surface area contributed by atoms with E-state index in [9.17, 15) is 0 Å². The Kier molecular flexibility index (Phi) is 5.09. The van der Waals surface area contributed by atoms with Crippen molar-refractivity contribution in [2.45, 2.75) is 53.0 Å². The highest BCUT2D eigenvalue weighted by Crippen LogP contribution is 2.12. The normalized spacial score (nSPS) is 11.3. The number of halogens is 1. The van der Waals surface area contributed by atoms with E-state index >= 15 is 0 Å². The highest BCUT2D eigenvalue weighted by Gasteiger charge is 2.07. The average molecular weight is 230 g/mol. The third-order valence-corrected chi connectivity index (χ3v) is 2.79. The Morgan fingerprint density at radius 2 is 2.00 bits per heavy atom. The molecule has 0 N–H and O–H groups in total. The number of nitrogens with zero attached hydrogens (tertiary/aromatic N) is 3. The zero-order chi connectivity index (χ0) is 11.3. The summed E-state index contributed by atoms with van der Waals surface area (Å²) in [5, 5.41) is 8.43. The van der Waals surface area contributed by atoms with Crippen molar-refractivity contribution in [3.63, 3.8) is 0 Å². The summed E-state index contributed by atoms with van der Waals surface area (Å²) in [6, 6.07) is 0. The summed E-state index contributed by atoms with van der Waals surface area (Å²) in [7, 11) is 0.